The van der Waals surface area contributed by atoms with E-state index in [1.165, 1.54) is 14.2 Å². The molecule has 5 heteroatoms. The van der Waals surface area contributed by atoms with E-state index < -0.39 is 11.9 Å². The molecule has 0 radical (unpaired) electrons. The lowest BCUT2D eigenvalue weighted by Crippen LogP contribution is -2.39. The third-order valence-corrected chi connectivity index (χ3v) is 2.12. The number of ether oxygens (including phenoxy) is 2. The summed E-state index contributed by atoms with van der Waals surface area (Å²) in [7, 11) is 4.74. The molecule has 0 aromatic carbocycles. The Labute approximate surface area is 83.2 Å². The van der Waals surface area contributed by atoms with E-state index in [9.17, 15) is 5.11 Å². The highest BCUT2D eigenvalue weighted by molar-refractivity contribution is 5.10. The first-order valence-corrected chi connectivity index (χ1v) is 4.30. The first kappa shape index (κ1) is 11.2. The molecule has 0 bridgehead atoms. The van der Waals surface area contributed by atoms with Crippen LogP contribution in [0.4, 0.5) is 0 Å². The molecule has 0 saturated heterocycles. The maximum absolute atomic E-state index is 10.1. The van der Waals surface area contributed by atoms with Crippen LogP contribution in [0.2, 0.25) is 0 Å². The molecule has 1 atom stereocenters. The number of hydrogen-bond donors (Lipinski definition) is 1. The molecule has 0 fully saturated rings. The molecule has 1 aromatic heterocycles. The Hall–Kier alpha value is -0.910. The molecular formula is C9H16N2O3. The number of hydrogen-bond acceptors (Lipinski definition) is 4. The Kier molecular flexibility index (Phi) is 3.25. The van der Waals surface area contributed by atoms with Gasteiger partial charge >= 0.3 is 0 Å². The number of aryl methyl sites for hydroxylation is 1. The molecule has 80 valence electrons. The second-order valence-corrected chi connectivity index (χ2v) is 3.33. The zero-order valence-electron chi connectivity index (χ0n) is 8.89. The Morgan fingerprint density at radius 3 is 2.43 bits per heavy atom. The van der Waals surface area contributed by atoms with Crippen LogP contribution in [0.25, 0.3) is 0 Å². The van der Waals surface area contributed by atoms with E-state index in [1.807, 2.05) is 0 Å². The molecular weight excluding hydrogens is 184 g/mol. The Morgan fingerprint density at radius 2 is 2.07 bits per heavy atom. The van der Waals surface area contributed by atoms with E-state index in [2.05, 4.69) is 5.10 Å². The van der Waals surface area contributed by atoms with Gasteiger partial charge in [0.15, 0.2) is 11.9 Å². The number of methoxy groups -OCH3 is 2. The van der Waals surface area contributed by atoms with Gasteiger partial charge in [0, 0.05) is 27.5 Å². The molecule has 0 spiro atoms. The lowest BCUT2D eigenvalue weighted by Gasteiger charge is -2.28. The van der Waals surface area contributed by atoms with Crippen LogP contribution in [0.3, 0.4) is 0 Å². The molecule has 0 aliphatic carbocycles. The minimum Gasteiger partial charge on any atom is -0.378 e. The fourth-order valence-corrected chi connectivity index (χ4v) is 1.36. The quantitative estimate of drug-likeness (QED) is 0.708. The van der Waals surface area contributed by atoms with Crippen molar-refractivity contribution in [3.63, 3.8) is 0 Å². The van der Waals surface area contributed by atoms with Crippen molar-refractivity contribution >= 4 is 0 Å². The predicted molar refractivity (Wildman–Crippen MR) is 50.6 cm³/mol. The molecule has 5 nitrogen and oxygen atoms in total. The van der Waals surface area contributed by atoms with Gasteiger partial charge in [0.1, 0.15) is 0 Å². The largest absolute Gasteiger partial charge is 0.378 e. The third kappa shape index (κ3) is 1.95. The molecule has 0 saturated carbocycles. The Bertz CT molecular complexity index is 292. The van der Waals surface area contributed by atoms with Gasteiger partial charge in [-0.2, -0.15) is 5.10 Å². The second-order valence-electron chi connectivity index (χ2n) is 3.33. The number of aromatic nitrogens is 2. The van der Waals surface area contributed by atoms with Crippen molar-refractivity contribution in [1.29, 1.82) is 0 Å². The minimum atomic E-state index is -1.25. The van der Waals surface area contributed by atoms with E-state index in [4.69, 9.17) is 9.47 Å². The van der Waals surface area contributed by atoms with Crippen molar-refractivity contribution in [3.8, 4) is 0 Å². The topological polar surface area (TPSA) is 56.5 Å². The molecule has 1 unspecified atom stereocenters. The van der Waals surface area contributed by atoms with E-state index in [-0.39, 0.29) is 0 Å². The summed E-state index contributed by atoms with van der Waals surface area (Å²) in [4.78, 5) is 0. The maximum atomic E-state index is 10.1. The Balaban J connectivity index is 2.93. The fourth-order valence-electron chi connectivity index (χ4n) is 1.36. The van der Waals surface area contributed by atoms with Crippen LogP contribution in [-0.2, 0) is 22.1 Å². The van der Waals surface area contributed by atoms with Crippen molar-refractivity contribution in [1.82, 2.24) is 9.78 Å². The van der Waals surface area contributed by atoms with Crippen molar-refractivity contribution < 1.29 is 14.6 Å². The summed E-state index contributed by atoms with van der Waals surface area (Å²) in [6.45, 7) is 1.60. The zero-order valence-corrected chi connectivity index (χ0v) is 8.89. The van der Waals surface area contributed by atoms with Crippen LogP contribution in [0.5, 0.6) is 0 Å². The lowest BCUT2D eigenvalue weighted by molar-refractivity contribution is -0.214. The van der Waals surface area contributed by atoms with Gasteiger partial charge in [0.2, 0.25) is 0 Å². The molecule has 0 aliphatic heterocycles. The summed E-state index contributed by atoms with van der Waals surface area (Å²) in [5, 5.41) is 14.2. The Morgan fingerprint density at radius 1 is 1.50 bits per heavy atom. The van der Waals surface area contributed by atoms with Crippen molar-refractivity contribution in [2.75, 3.05) is 14.2 Å². The van der Waals surface area contributed by atoms with E-state index in [0.29, 0.717) is 5.69 Å². The number of rotatable bonds is 4. The molecule has 0 aliphatic rings. The molecule has 0 amide bonds. The SMILES string of the molecule is COC(OC)C(C)(O)c1ccn(C)n1. The highest BCUT2D eigenvalue weighted by atomic mass is 16.7. The molecule has 1 heterocycles. The number of nitrogens with zero attached hydrogens (tertiary/aromatic N) is 2. The van der Waals surface area contributed by atoms with Gasteiger partial charge < -0.3 is 14.6 Å². The summed E-state index contributed by atoms with van der Waals surface area (Å²) in [5.41, 5.74) is -0.723. The van der Waals surface area contributed by atoms with Crippen LogP contribution >= 0.6 is 0 Å². The highest BCUT2D eigenvalue weighted by Crippen LogP contribution is 2.24. The van der Waals surface area contributed by atoms with Gasteiger partial charge in [-0.3, -0.25) is 4.68 Å². The van der Waals surface area contributed by atoms with Crippen LogP contribution in [0.1, 0.15) is 12.6 Å². The second kappa shape index (κ2) is 4.08. The van der Waals surface area contributed by atoms with E-state index >= 15 is 0 Å². The van der Waals surface area contributed by atoms with E-state index in [0.717, 1.165) is 0 Å². The van der Waals surface area contributed by atoms with Crippen molar-refractivity contribution in [2.45, 2.75) is 18.8 Å². The zero-order chi connectivity index (χ0) is 10.8. The first-order chi connectivity index (χ1) is 6.52. The predicted octanol–water partition coefficient (Wildman–Crippen LogP) is 0.246. The lowest BCUT2D eigenvalue weighted by atomic mass is 10.0. The van der Waals surface area contributed by atoms with Crippen LogP contribution < -0.4 is 0 Å². The summed E-state index contributed by atoms with van der Waals surface area (Å²) in [6, 6.07) is 1.73. The molecule has 1 rings (SSSR count). The van der Waals surface area contributed by atoms with Crippen molar-refractivity contribution in [2.24, 2.45) is 7.05 Å². The van der Waals surface area contributed by atoms with Gasteiger partial charge in [-0.1, -0.05) is 0 Å². The fraction of sp³-hybridized carbons (Fsp3) is 0.667. The van der Waals surface area contributed by atoms with Gasteiger partial charge in [-0.15, -0.1) is 0 Å². The maximum Gasteiger partial charge on any atom is 0.191 e. The average Bonchev–Trinajstić information content (AvgIpc) is 2.54. The highest BCUT2D eigenvalue weighted by Gasteiger charge is 2.36. The van der Waals surface area contributed by atoms with Gasteiger partial charge in [0.25, 0.3) is 0 Å². The van der Waals surface area contributed by atoms with Crippen LogP contribution in [0.15, 0.2) is 12.3 Å². The first-order valence-electron chi connectivity index (χ1n) is 4.30. The van der Waals surface area contributed by atoms with Gasteiger partial charge in [-0.05, 0) is 13.0 Å². The van der Waals surface area contributed by atoms with Crippen LogP contribution in [0, 0.1) is 0 Å². The molecule has 1 aromatic rings. The van der Waals surface area contributed by atoms with Crippen LogP contribution in [-0.4, -0.2) is 35.4 Å². The summed E-state index contributed by atoms with van der Waals surface area (Å²) >= 11 is 0. The normalized spacial score (nSPS) is 15.9. The summed E-state index contributed by atoms with van der Waals surface area (Å²) in [6.07, 6.45) is 1.03. The standard InChI is InChI=1S/C9H16N2O3/c1-9(12,8(13-3)14-4)7-5-6-11(2)10-7/h5-6,8,12H,1-4H3. The van der Waals surface area contributed by atoms with Gasteiger partial charge in [0.05, 0.1) is 5.69 Å². The smallest absolute Gasteiger partial charge is 0.191 e. The van der Waals surface area contributed by atoms with Gasteiger partial charge in [-0.25, -0.2) is 0 Å². The molecule has 14 heavy (non-hydrogen) atoms. The summed E-state index contributed by atoms with van der Waals surface area (Å²) in [5.74, 6) is 0. The minimum absolute atomic E-state index is 0.522. The average molecular weight is 200 g/mol. The van der Waals surface area contributed by atoms with Crippen molar-refractivity contribution in [3.05, 3.63) is 18.0 Å². The molecule has 1 N–H and O–H groups in total. The summed E-state index contributed by atoms with van der Waals surface area (Å²) < 4.78 is 11.6. The number of aliphatic hydroxyl groups is 1. The van der Waals surface area contributed by atoms with E-state index in [1.54, 1.807) is 30.9 Å². The third-order valence-electron chi connectivity index (χ3n) is 2.12. The monoisotopic (exact) mass is 200 g/mol.